The zero-order chi connectivity index (χ0) is 27.3. The fraction of sp³-hybridized carbons (Fsp3) is 0.481. The molecule has 2 aromatic carbocycles. The molecule has 2 aromatic rings. The highest BCUT2D eigenvalue weighted by Crippen LogP contribution is 2.23. The third kappa shape index (κ3) is 8.26. The zero-order valence-electron chi connectivity index (χ0n) is 22.5. The van der Waals surface area contributed by atoms with E-state index in [9.17, 15) is 18.0 Å². The van der Waals surface area contributed by atoms with Crippen molar-refractivity contribution in [1.82, 2.24) is 10.2 Å². The van der Waals surface area contributed by atoms with E-state index in [1.165, 1.54) is 4.90 Å². The number of nitrogens with one attached hydrogen (secondary N) is 1. The molecule has 0 aromatic heterocycles. The van der Waals surface area contributed by atoms with E-state index in [4.69, 9.17) is 4.74 Å². The molecule has 0 saturated carbocycles. The number of carbonyl (C=O) groups excluding carboxylic acids is 2. The van der Waals surface area contributed by atoms with Crippen molar-refractivity contribution in [3.63, 3.8) is 0 Å². The average molecular weight is 518 g/mol. The summed E-state index contributed by atoms with van der Waals surface area (Å²) in [5.74, 6) is 0.0845. The molecule has 9 heteroatoms. The molecule has 0 heterocycles. The van der Waals surface area contributed by atoms with Gasteiger partial charge in [0.2, 0.25) is 21.8 Å². The summed E-state index contributed by atoms with van der Waals surface area (Å²) in [7, 11) is -2.22. The Bertz CT molecular complexity index is 1150. The first-order valence-corrected chi connectivity index (χ1v) is 13.8. The lowest BCUT2D eigenvalue weighted by Crippen LogP contribution is -2.54. The number of ether oxygens (including phenoxy) is 1. The zero-order valence-corrected chi connectivity index (χ0v) is 23.3. The highest BCUT2D eigenvalue weighted by molar-refractivity contribution is 7.92. The first kappa shape index (κ1) is 29.2. The van der Waals surface area contributed by atoms with Gasteiger partial charge >= 0.3 is 0 Å². The first-order chi connectivity index (χ1) is 16.6. The van der Waals surface area contributed by atoms with Gasteiger partial charge in [0, 0.05) is 12.1 Å². The summed E-state index contributed by atoms with van der Waals surface area (Å²) in [5.41, 5.74) is 1.71. The van der Waals surface area contributed by atoms with Crippen LogP contribution in [0.5, 0.6) is 5.75 Å². The van der Waals surface area contributed by atoms with Crippen LogP contribution in [0.3, 0.4) is 0 Å². The summed E-state index contributed by atoms with van der Waals surface area (Å²) in [4.78, 5) is 28.0. The third-order valence-corrected chi connectivity index (χ3v) is 6.82. The second-order valence-corrected chi connectivity index (χ2v) is 12.2. The quantitative estimate of drug-likeness (QED) is 0.515. The SMILES string of the molecule is COc1cccc(CN(C(=O)CN(c2ccc(C(C)C)cc2)S(C)(=O)=O)C(C)C(=O)NC(C)(C)C)c1. The molecule has 36 heavy (non-hydrogen) atoms. The van der Waals surface area contributed by atoms with Gasteiger partial charge in [-0.15, -0.1) is 0 Å². The lowest BCUT2D eigenvalue weighted by molar-refractivity contribution is -0.140. The van der Waals surface area contributed by atoms with Crippen molar-refractivity contribution in [2.75, 3.05) is 24.2 Å². The maximum Gasteiger partial charge on any atom is 0.244 e. The van der Waals surface area contributed by atoms with E-state index in [0.717, 1.165) is 21.7 Å². The summed E-state index contributed by atoms with van der Waals surface area (Å²) >= 11 is 0. The van der Waals surface area contributed by atoms with E-state index in [-0.39, 0.29) is 18.4 Å². The Morgan fingerprint density at radius 1 is 1.03 bits per heavy atom. The topological polar surface area (TPSA) is 96.0 Å². The summed E-state index contributed by atoms with van der Waals surface area (Å²) in [6, 6.07) is 13.5. The number of hydrogen-bond acceptors (Lipinski definition) is 5. The van der Waals surface area contributed by atoms with Gasteiger partial charge in [-0.3, -0.25) is 13.9 Å². The summed E-state index contributed by atoms with van der Waals surface area (Å²) in [6.45, 7) is 11.0. The van der Waals surface area contributed by atoms with Gasteiger partial charge in [0.25, 0.3) is 0 Å². The summed E-state index contributed by atoms with van der Waals surface area (Å²) in [6.07, 6.45) is 1.07. The molecule has 1 unspecified atom stereocenters. The Morgan fingerprint density at radius 3 is 2.14 bits per heavy atom. The van der Waals surface area contributed by atoms with Gasteiger partial charge in [0.1, 0.15) is 18.3 Å². The molecule has 0 bridgehead atoms. The van der Waals surface area contributed by atoms with Crippen LogP contribution in [0.15, 0.2) is 48.5 Å². The lowest BCUT2D eigenvalue weighted by Gasteiger charge is -2.33. The number of nitrogens with zero attached hydrogens (tertiary/aromatic N) is 2. The molecule has 0 spiro atoms. The number of methoxy groups -OCH3 is 1. The van der Waals surface area contributed by atoms with Crippen LogP contribution < -0.4 is 14.4 Å². The van der Waals surface area contributed by atoms with Gasteiger partial charge < -0.3 is 15.0 Å². The van der Waals surface area contributed by atoms with E-state index in [0.29, 0.717) is 11.4 Å². The Labute approximate surface area is 215 Å². The van der Waals surface area contributed by atoms with Crippen LogP contribution in [-0.2, 0) is 26.2 Å². The Morgan fingerprint density at radius 2 is 1.64 bits per heavy atom. The minimum Gasteiger partial charge on any atom is -0.497 e. The molecule has 0 aliphatic heterocycles. The van der Waals surface area contributed by atoms with E-state index < -0.39 is 34.1 Å². The van der Waals surface area contributed by atoms with Crippen molar-refractivity contribution in [2.45, 2.75) is 65.6 Å². The molecule has 2 rings (SSSR count). The normalized spacial score (nSPS) is 12.7. The van der Waals surface area contributed by atoms with Gasteiger partial charge in [-0.2, -0.15) is 0 Å². The second-order valence-electron chi connectivity index (χ2n) is 10.3. The first-order valence-electron chi connectivity index (χ1n) is 11.9. The molecule has 0 aliphatic rings. The fourth-order valence-corrected chi connectivity index (χ4v) is 4.51. The number of anilines is 1. The smallest absolute Gasteiger partial charge is 0.244 e. The maximum atomic E-state index is 13.6. The number of sulfonamides is 1. The predicted octanol–water partition coefficient (Wildman–Crippen LogP) is 3.92. The number of rotatable bonds is 10. The molecular weight excluding hydrogens is 478 g/mol. The molecule has 1 N–H and O–H groups in total. The van der Waals surface area contributed by atoms with Gasteiger partial charge in [-0.25, -0.2) is 8.42 Å². The molecule has 0 aliphatic carbocycles. The summed E-state index contributed by atoms with van der Waals surface area (Å²) < 4.78 is 31.8. The van der Waals surface area contributed by atoms with Crippen molar-refractivity contribution >= 4 is 27.5 Å². The van der Waals surface area contributed by atoms with Crippen LogP contribution >= 0.6 is 0 Å². The van der Waals surface area contributed by atoms with Crippen molar-refractivity contribution in [1.29, 1.82) is 0 Å². The van der Waals surface area contributed by atoms with Crippen LogP contribution in [0.2, 0.25) is 0 Å². The van der Waals surface area contributed by atoms with Crippen LogP contribution in [-0.4, -0.2) is 56.6 Å². The van der Waals surface area contributed by atoms with Crippen LogP contribution in [0, 0.1) is 0 Å². The fourth-order valence-electron chi connectivity index (χ4n) is 3.66. The molecule has 198 valence electrons. The summed E-state index contributed by atoms with van der Waals surface area (Å²) in [5, 5.41) is 2.91. The predicted molar refractivity (Wildman–Crippen MR) is 144 cm³/mol. The Balaban J connectivity index is 2.42. The number of benzene rings is 2. The van der Waals surface area contributed by atoms with Gasteiger partial charge in [0.15, 0.2) is 0 Å². The van der Waals surface area contributed by atoms with Crippen molar-refractivity contribution in [2.24, 2.45) is 0 Å². The molecule has 8 nitrogen and oxygen atoms in total. The van der Waals surface area contributed by atoms with E-state index in [1.807, 2.05) is 52.8 Å². The largest absolute Gasteiger partial charge is 0.497 e. The average Bonchev–Trinajstić information content (AvgIpc) is 2.78. The third-order valence-electron chi connectivity index (χ3n) is 5.68. The molecular formula is C27H39N3O5S. The molecule has 0 saturated heterocycles. The lowest BCUT2D eigenvalue weighted by atomic mass is 10.0. The Kier molecular flexibility index (Phi) is 9.54. The molecule has 0 fully saturated rings. The van der Waals surface area contributed by atoms with Crippen molar-refractivity contribution in [3.8, 4) is 5.75 Å². The minimum atomic E-state index is -3.77. The highest BCUT2D eigenvalue weighted by Gasteiger charge is 2.31. The molecule has 0 radical (unpaired) electrons. The number of hydrogen-bond donors (Lipinski definition) is 1. The second kappa shape index (κ2) is 11.8. The molecule has 1 atom stereocenters. The van der Waals surface area contributed by atoms with E-state index in [2.05, 4.69) is 5.32 Å². The van der Waals surface area contributed by atoms with E-state index >= 15 is 0 Å². The van der Waals surface area contributed by atoms with Crippen LogP contribution in [0.4, 0.5) is 5.69 Å². The standard InChI is InChI=1S/C27H39N3O5S/c1-19(2)22-12-14-23(15-13-22)30(36(8,33)34)18-25(31)29(20(3)26(32)28-27(4,5)6)17-21-10-9-11-24(16-21)35-7/h9-16,19-20H,17-18H2,1-8H3,(H,28,32). The molecule has 2 amide bonds. The maximum absolute atomic E-state index is 13.6. The van der Waals surface area contributed by atoms with Crippen LogP contribution in [0.25, 0.3) is 0 Å². The number of amides is 2. The van der Waals surface area contributed by atoms with Gasteiger partial charge in [-0.05, 0) is 69.0 Å². The number of carbonyl (C=O) groups is 2. The van der Waals surface area contributed by atoms with E-state index in [1.54, 1.807) is 44.4 Å². The van der Waals surface area contributed by atoms with Crippen molar-refractivity contribution < 1.29 is 22.7 Å². The van der Waals surface area contributed by atoms with Crippen LogP contribution in [0.1, 0.15) is 58.6 Å². The van der Waals surface area contributed by atoms with Gasteiger partial charge in [0.05, 0.1) is 19.1 Å². The minimum absolute atomic E-state index is 0.110. The Hall–Kier alpha value is -3.07. The monoisotopic (exact) mass is 517 g/mol. The van der Waals surface area contributed by atoms with Gasteiger partial charge in [-0.1, -0.05) is 38.1 Å². The van der Waals surface area contributed by atoms with Crippen molar-refractivity contribution in [3.05, 3.63) is 59.7 Å². The highest BCUT2D eigenvalue weighted by atomic mass is 32.2.